The van der Waals surface area contributed by atoms with Crippen molar-refractivity contribution in [3.63, 3.8) is 0 Å². The fraction of sp³-hybridized carbons (Fsp3) is 0.769. The Morgan fingerprint density at radius 2 is 2.00 bits per heavy atom. The maximum atomic E-state index is 11.5. The van der Waals surface area contributed by atoms with Crippen molar-refractivity contribution in [2.24, 2.45) is 7.05 Å². The number of hydrogen-bond acceptors (Lipinski definition) is 4. The summed E-state index contributed by atoms with van der Waals surface area (Å²) in [7, 11) is -1.16. The Bertz CT molecular complexity index is 592. The Balaban J connectivity index is 1.89. The van der Waals surface area contributed by atoms with Crippen LogP contribution in [0.3, 0.4) is 0 Å². The number of rotatable bonds is 5. The number of nitrogens with one attached hydrogen (secondary N) is 1. The third-order valence-corrected chi connectivity index (χ3v) is 5.72. The summed E-state index contributed by atoms with van der Waals surface area (Å²) in [4.78, 5) is 0. The monoisotopic (exact) mass is 334 g/mol. The second-order valence-electron chi connectivity index (χ2n) is 5.50. The molecule has 0 amide bonds. The molecule has 0 unspecified atom stereocenters. The third kappa shape index (κ3) is 3.97. The van der Waals surface area contributed by atoms with Gasteiger partial charge in [-0.05, 0) is 19.3 Å². The summed E-state index contributed by atoms with van der Waals surface area (Å²) in [6, 6.07) is 0.319. The van der Waals surface area contributed by atoms with Crippen LogP contribution in [0.5, 0.6) is 0 Å². The average molecular weight is 335 g/mol. The van der Waals surface area contributed by atoms with Crippen molar-refractivity contribution in [3.8, 4) is 0 Å². The first-order valence-electron chi connectivity index (χ1n) is 7.21. The topological polar surface area (TPSA) is 67.2 Å². The fourth-order valence-electron chi connectivity index (χ4n) is 2.64. The van der Waals surface area contributed by atoms with E-state index in [1.807, 2.05) is 18.7 Å². The zero-order valence-corrected chi connectivity index (χ0v) is 14.3. The number of sulfonamides is 1. The molecular weight excluding hydrogens is 312 g/mol. The molecule has 2 heterocycles. The van der Waals surface area contributed by atoms with Crippen LogP contribution in [0, 0.1) is 0 Å². The van der Waals surface area contributed by atoms with E-state index in [0.717, 1.165) is 35.7 Å². The van der Waals surface area contributed by atoms with E-state index in [2.05, 4.69) is 10.4 Å². The van der Waals surface area contributed by atoms with Crippen molar-refractivity contribution in [1.29, 1.82) is 0 Å². The predicted octanol–water partition coefficient (Wildman–Crippen LogP) is 1.15. The number of nitrogens with zero attached hydrogens (tertiary/aromatic N) is 3. The lowest BCUT2D eigenvalue weighted by molar-refractivity contribution is 0.288. The number of hydrogen-bond donors (Lipinski definition) is 1. The summed E-state index contributed by atoms with van der Waals surface area (Å²) in [5.41, 5.74) is 1.90. The summed E-state index contributed by atoms with van der Waals surface area (Å²) in [6.45, 7) is 3.85. The van der Waals surface area contributed by atoms with Gasteiger partial charge in [-0.3, -0.25) is 4.68 Å². The van der Waals surface area contributed by atoms with Crippen LogP contribution < -0.4 is 5.32 Å². The molecule has 0 bridgehead atoms. The first-order chi connectivity index (χ1) is 9.82. The zero-order chi connectivity index (χ0) is 15.6. The molecule has 1 aliphatic heterocycles. The molecular formula is C13H23ClN4O2S. The van der Waals surface area contributed by atoms with Gasteiger partial charge in [0.05, 0.1) is 22.7 Å². The molecule has 120 valence electrons. The third-order valence-electron chi connectivity index (χ3n) is 3.98. The lowest BCUT2D eigenvalue weighted by Crippen LogP contribution is -2.44. The fourth-order valence-corrected chi connectivity index (χ4v) is 3.88. The van der Waals surface area contributed by atoms with Crippen LogP contribution in [0.1, 0.15) is 31.2 Å². The van der Waals surface area contributed by atoms with E-state index in [1.165, 1.54) is 10.6 Å². The summed E-state index contributed by atoms with van der Waals surface area (Å²) < 4.78 is 26.3. The van der Waals surface area contributed by atoms with Gasteiger partial charge in [0.2, 0.25) is 10.0 Å². The van der Waals surface area contributed by atoms with Crippen LogP contribution in [-0.4, -0.2) is 47.9 Å². The number of aryl methyl sites for hydroxylation is 2. The van der Waals surface area contributed by atoms with Crippen LogP contribution in [-0.2, 0) is 30.0 Å². The van der Waals surface area contributed by atoms with Crippen molar-refractivity contribution in [2.75, 3.05) is 19.3 Å². The van der Waals surface area contributed by atoms with Crippen LogP contribution in [0.2, 0.25) is 5.02 Å². The number of halogens is 1. The van der Waals surface area contributed by atoms with Gasteiger partial charge < -0.3 is 5.32 Å². The van der Waals surface area contributed by atoms with Crippen LogP contribution in [0.25, 0.3) is 0 Å². The predicted molar refractivity (Wildman–Crippen MR) is 83.9 cm³/mol. The minimum absolute atomic E-state index is 0.319. The second kappa shape index (κ2) is 6.64. The van der Waals surface area contributed by atoms with Crippen LogP contribution in [0.4, 0.5) is 0 Å². The minimum atomic E-state index is -3.06. The van der Waals surface area contributed by atoms with Gasteiger partial charge in [0.1, 0.15) is 0 Å². The molecule has 0 atom stereocenters. The highest BCUT2D eigenvalue weighted by Gasteiger charge is 2.25. The van der Waals surface area contributed by atoms with E-state index in [-0.39, 0.29) is 0 Å². The van der Waals surface area contributed by atoms with Crippen molar-refractivity contribution in [3.05, 3.63) is 16.4 Å². The molecule has 1 N–H and O–H groups in total. The van der Waals surface area contributed by atoms with E-state index < -0.39 is 10.0 Å². The molecule has 0 aromatic carbocycles. The number of aromatic nitrogens is 2. The van der Waals surface area contributed by atoms with E-state index in [9.17, 15) is 8.42 Å². The van der Waals surface area contributed by atoms with E-state index in [1.54, 1.807) is 0 Å². The van der Waals surface area contributed by atoms with Gasteiger partial charge in [-0.2, -0.15) is 5.10 Å². The molecule has 1 aliphatic rings. The van der Waals surface area contributed by atoms with Crippen molar-refractivity contribution < 1.29 is 8.42 Å². The Morgan fingerprint density at radius 1 is 1.38 bits per heavy atom. The van der Waals surface area contributed by atoms with E-state index in [0.29, 0.717) is 25.7 Å². The van der Waals surface area contributed by atoms with Crippen molar-refractivity contribution >= 4 is 21.6 Å². The van der Waals surface area contributed by atoms with Gasteiger partial charge in [-0.15, -0.1) is 0 Å². The highest BCUT2D eigenvalue weighted by molar-refractivity contribution is 7.88. The minimum Gasteiger partial charge on any atom is -0.308 e. The standard InChI is InChI=1S/C13H23ClN4O2S/c1-4-11-13(14)12(17(2)16-11)9-15-10-5-7-18(8-6-10)21(3,19)20/h10,15H,4-9H2,1-3H3. The lowest BCUT2D eigenvalue weighted by Gasteiger charge is -2.30. The first-order valence-corrected chi connectivity index (χ1v) is 9.44. The smallest absolute Gasteiger partial charge is 0.211 e. The summed E-state index contributed by atoms with van der Waals surface area (Å²) in [5.74, 6) is 0. The Labute approximate surface area is 131 Å². The largest absolute Gasteiger partial charge is 0.308 e. The molecule has 6 nitrogen and oxygen atoms in total. The molecule has 2 rings (SSSR count). The Hall–Kier alpha value is -0.630. The van der Waals surface area contributed by atoms with Gasteiger partial charge in [-0.25, -0.2) is 12.7 Å². The Kier molecular flexibility index (Phi) is 5.29. The molecule has 1 aromatic heterocycles. The van der Waals surface area contributed by atoms with Gasteiger partial charge in [0.25, 0.3) is 0 Å². The highest BCUT2D eigenvalue weighted by Crippen LogP contribution is 2.21. The zero-order valence-electron chi connectivity index (χ0n) is 12.8. The number of piperidine rings is 1. The highest BCUT2D eigenvalue weighted by atomic mass is 35.5. The first kappa shape index (κ1) is 16.7. The lowest BCUT2D eigenvalue weighted by atomic mass is 10.1. The molecule has 1 aromatic rings. The molecule has 0 aliphatic carbocycles. The van der Waals surface area contributed by atoms with Gasteiger partial charge in [0.15, 0.2) is 0 Å². The SMILES string of the molecule is CCc1nn(C)c(CNC2CCN(S(C)(=O)=O)CC2)c1Cl. The maximum absolute atomic E-state index is 11.5. The molecule has 21 heavy (non-hydrogen) atoms. The summed E-state index contributed by atoms with van der Waals surface area (Å²) in [5, 5.41) is 8.59. The summed E-state index contributed by atoms with van der Waals surface area (Å²) in [6.07, 6.45) is 3.73. The van der Waals surface area contributed by atoms with E-state index >= 15 is 0 Å². The molecule has 0 spiro atoms. The van der Waals surface area contributed by atoms with Crippen molar-refractivity contribution in [2.45, 2.75) is 38.8 Å². The molecule has 0 saturated carbocycles. The average Bonchev–Trinajstić information content (AvgIpc) is 2.70. The summed E-state index contributed by atoms with van der Waals surface area (Å²) >= 11 is 6.32. The van der Waals surface area contributed by atoms with Gasteiger partial charge in [0, 0.05) is 32.7 Å². The normalized spacial score (nSPS) is 18.3. The van der Waals surface area contributed by atoms with Crippen molar-refractivity contribution in [1.82, 2.24) is 19.4 Å². The molecule has 0 radical (unpaired) electrons. The molecule has 8 heteroatoms. The molecule has 1 fully saturated rings. The second-order valence-corrected chi connectivity index (χ2v) is 7.86. The van der Waals surface area contributed by atoms with Crippen LogP contribution in [0.15, 0.2) is 0 Å². The molecule has 1 saturated heterocycles. The van der Waals surface area contributed by atoms with Gasteiger partial charge >= 0.3 is 0 Å². The maximum Gasteiger partial charge on any atom is 0.211 e. The quantitative estimate of drug-likeness (QED) is 0.877. The van der Waals surface area contributed by atoms with Gasteiger partial charge in [-0.1, -0.05) is 18.5 Å². The van der Waals surface area contributed by atoms with E-state index in [4.69, 9.17) is 11.6 Å². The Morgan fingerprint density at radius 3 is 2.48 bits per heavy atom. The van der Waals surface area contributed by atoms with Crippen LogP contribution >= 0.6 is 11.6 Å².